The fourth-order valence-electron chi connectivity index (χ4n) is 2.77. The van der Waals surface area contributed by atoms with Crippen molar-refractivity contribution in [3.8, 4) is 0 Å². The largest absolute Gasteiger partial charge is 0.325 e. The van der Waals surface area contributed by atoms with Gasteiger partial charge in [-0.05, 0) is 55.8 Å². The van der Waals surface area contributed by atoms with E-state index in [2.05, 4.69) is 10.3 Å². The SMILES string of the molecule is Cc1cc(S[C@H](C)C(=O)Nc2ccccc2)nc2ccc(S(=O)(=O)N(C)C)cc12. The number of fused-ring (bicyclic) bond motifs is 1. The van der Waals surface area contributed by atoms with Gasteiger partial charge in [0.15, 0.2) is 0 Å². The molecule has 0 radical (unpaired) electrons. The van der Waals surface area contributed by atoms with Crippen molar-refractivity contribution in [1.29, 1.82) is 0 Å². The van der Waals surface area contributed by atoms with Gasteiger partial charge < -0.3 is 5.32 Å². The van der Waals surface area contributed by atoms with E-state index in [1.165, 1.54) is 30.2 Å². The molecule has 1 heterocycles. The molecule has 8 heteroatoms. The smallest absolute Gasteiger partial charge is 0.242 e. The first kappa shape index (κ1) is 21.3. The number of pyridine rings is 1. The number of aryl methyl sites for hydroxylation is 1. The minimum Gasteiger partial charge on any atom is -0.325 e. The second-order valence-corrected chi connectivity index (χ2v) is 10.4. The number of thioether (sulfide) groups is 1. The van der Waals surface area contributed by atoms with Gasteiger partial charge in [0.1, 0.15) is 0 Å². The van der Waals surface area contributed by atoms with Gasteiger partial charge in [0.2, 0.25) is 15.9 Å². The van der Waals surface area contributed by atoms with Crippen molar-refractivity contribution in [2.45, 2.75) is 29.0 Å². The molecule has 0 bridgehead atoms. The van der Waals surface area contributed by atoms with Crippen molar-refractivity contribution in [2.24, 2.45) is 0 Å². The molecule has 0 fully saturated rings. The maximum atomic E-state index is 12.5. The molecule has 3 aromatic rings. The van der Waals surface area contributed by atoms with E-state index < -0.39 is 10.0 Å². The molecule has 0 aliphatic carbocycles. The maximum Gasteiger partial charge on any atom is 0.242 e. The van der Waals surface area contributed by atoms with Gasteiger partial charge in [0.05, 0.1) is 20.7 Å². The quantitative estimate of drug-likeness (QED) is 0.601. The minimum atomic E-state index is -3.51. The molecule has 2 aromatic carbocycles. The number of carbonyl (C=O) groups is 1. The topological polar surface area (TPSA) is 79.4 Å². The molecule has 0 unspecified atom stereocenters. The molecule has 1 atom stereocenters. The first-order valence-corrected chi connectivity index (χ1v) is 11.4. The Bertz CT molecular complexity index is 1150. The van der Waals surface area contributed by atoms with E-state index in [0.29, 0.717) is 10.5 Å². The lowest BCUT2D eigenvalue weighted by Crippen LogP contribution is -2.22. The first-order valence-electron chi connectivity index (χ1n) is 9.05. The number of hydrogen-bond acceptors (Lipinski definition) is 5. The van der Waals surface area contributed by atoms with Gasteiger partial charge in [-0.1, -0.05) is 30.0 Å². The van der Waals surface area contributed by atoms with E-state index in [9.17, 15) is 13.2 Å². The predicted molar refractivity (Wildman–Crippen MR) is 118 cm³/mol. The summed E-state index contributed by atoms with van der Waals surface area (Å²) in [6.45, 7) is 3.74. The number of sulfonamides is 1. The van der Waals surface area contributed by atoms with Gasteiger partial charge in [-0.15, -0.1) is 0 Å². The van der Waals surface area contributed by atoms with Crippen LogP contribution in [0.25, 0.3) is 10.9 Å². The summed E-state index contributed by atoms with van der Waals surface area (Å²) in [5.74, 6) is -0.104. The van der Waals surface area contributed by atoms with Crippen LogP contribution >= 0.6 is 11.8 Å². The summed E-state index contributed by atoms with van der Waals surface area (Å²) in [5, 5.41) is 4.04. The Morgan fingerprint density at radius 3 is 2.45 bits per heavy atom. The van der Waals surface area contributed by atoms with Gasteiger partial charge in [-0.3, -0.25) is 4.79 Å². The van der Waals surface area contributed by atoms with Crippen LogP contribution in [0.4, 0.5) is 5.69 Å². The number of nitrogens with one attached hydrogen (secondary N) is 1. The number of hydrogen-bond donors (Lipinski definition) is 1. The number of aromatic nitrogens is 1. The molecule has 0 spiro atoms. The highest BCUT2D eigenvalue weighted by Crippen LogP contribution is 2.29. The lowest BCUT2D eigenvalue weighted by Gasteiger charge is -2.14. The minimum absolute atomic E-state index is 0.104. The summed E-state index contributed by atoms with van der Waals surface area (Å²) in [7, 11) is -0.495. The number of nitrogens with zero attached hydrogens (tertiary/aromatic N) is 2. The first-order chi connectivity index (χ1) is 13.7. The van der Waals surface area contributed by atoms with Crippen molar-refractivity contribution >= 4 is 44.3 Å². The van der Waals surface area contributed by atoms with Gasteiger partial charge in [0.25, 0.3) is 0 Å². The number of amides is 1. The molecular formula is C21H23N3O3S2. The van der Waals surface area contributed by atoms with E-state index >= 15 is 0 Å². The Kier molecular flexibility index (Phi) is 6.26. The molecule has 3 rings (SSSR count). The third-order valence-corrected chi connectivity index (χ3v) is 7.28. The van der Waals surface area contributed by atoms with Crippen LogP contribution in [0.2, 0.25) is 0 Å². The number of anilines is 1. The number of benzene rings is 2. The molecule has 6 nitrogen and oxygen atoms in total. The van der Waals surface area contributed by atoms with Crippen LogP contribution in [-0.4, -0.2) is 43.0 Å². The summed E-state index contributed by atoms with van der Waals surface area (Å²) in [5.41, 5.74) is 2.35. The Balaban J connectivity index is 1.83. The summed E-state index contributed by atoms with van der Waals surface area (Å²) < 4.78 is 26.0. The number of para-hydroxylation sites is 1. The molecular weight excluding hydrogens is 406 g/mol. The lowest BCUT2D eigenvalue weighted by molar-refractivity contribution is -0.115. The third kappa shape index (κ3) is 4.77. The second-order valence-electron chi connectivity index (χ2n) is 6.86. The molecule has 1 amide bonds. The Labute approximate surface area is 175 Å². The highest BCUT2D eigenvalue weighted by Gasteiger charge is 2.19. The average molecular weight is 430 g/mol. The average Bonchev–Trinajstić information content (AvgIpc) is 2.68. The molecule has 1 N–H and O–H groups in total. The van der Waals surface area contributed by atoms with E-state index in [1.807, 2.05) is 50.2 Å². The van der Waals surface area contributed by atoms with Crippen LogP contribution in [0.5, 0.6) is 0 Å². The molecule has 152 valence electrons. The Morgan fingerprint density at radius 1 is 1.10 bits per heavy atom. The van der Waals surface area contributed by atoms with Crippen LogP contribution in [0, 0.1) is 6.92 Å². The highest BCUT2D eigenvalue weighted by molar-refractivity contribution is 8.00. The summed E-state index contributed by atoms with van der Waals surface area (Å²) >= 11 is 1.36. The lowest BCUT2D eigenvalue weighted by atomic mass is 10.1. The van der Waals surface area contributed by atoms with E-state index in [1.54, 1.807) is 18.2 Å². The van der Waals surface area contributed by atoms with Crippen LogP contribution in [-0.2, 0) is 14.8 Å². The van der Waals surface area contributed by atoms with Gasteiger partial charge >= 0.3 is 0 Å². The standard InChI is InChI=1S/C21H23N3O3S2/c1-14-12-20(28-15(2)21(25)22-16-8-6-5-7-9-16)23-19-11-10-17(13-18(14)19)29(26,27)24(3)4/h5-13,15H,1-4H3,(H,22,25)/t15-/m1/s1. The van der Waals surface area contributed by atoms with E-state index in [0.717, 1.165) is 16.6 Å². The maximum absolute atomic E-state index is 12.5. The van der Waals surface area contributed by atoms with Crippen molar-refractivity contribution in [3.63, 3.8) is 0 Å². The molecule has 0 aliphatic rings. The van der Waals surface area contributed by atoms with Crippen molar-refractivity contribution in [3.05, 3.63) is 60.2 Å². The zero-order chi connectivity index (χ0) is 21.2. The molecule has 0 saturated heterocycles. The summed E-state index contributed by atoms with van der Waals surface area (Å²) in [4.78, 5) is 17.3. The van der Waals surface area contributed by atoms with E-state index in [4.69, 9.17) is 0 Å². The van der Waals surface area contributed by atoms with Crippen molar-refractivity contribution in [1.82, 2.24) is 9.29 Å². The third-order valence-electron chi connectivity index (χ3n) is 4.45. The monoisotopic (exact) mass is 429 g/mol. The van der Waals surface area contributed by atoms with E-state index in [-0.39, 0.29) is 16.1 Å². The molecule has 29 heavy (non-hydrogen) atoms. The van der Waals surface area contributed by atoms with Gasteiger partial charge in [0, 0.05) is 25.2 Å². The molecule has 1 aromatic heterocycles. The van der Waals surface area contributed by atoms with Crippen molar-refractivity contribution < 1.29 is 13.2 Å². The zero-order valence-corrected chi connectivity index (χ0v) is 18.3. The van der Waals surface area contributed by atoms with Crippen LogP contribution in [0.3, 0.4) is 0 Å². The van der Waals surface area contributed by atoms with Crippen LogP contribution < -0.4 is 5.32 Å². The van der Waals surface area contributed by atoms with Gasteiger partial charge in [-0.25, -0.2) is 17.7 Å². The number of carbonyl (C=O) groups excluding carboxylic acids is 1. The van der Waals surface area contributed by atoms with Crippen LogP contribution in [0.1, 0.15) is 12.5 Å². The molecule has 0 aliphatic heterocycles. The predicted octanol–water partition coefficient (Wildman–Crippen LogP) is 3.91. The summed E-state index contributed by atoms with van der Waals surface area (Å²) in [6, 6.07) is 16.1. The highest BCUT2D eigenvalue weighted by atomic mass is 32.2. The fraction of sp³-hybridized carbons (Fsp3) is 0.238. The second kappa shape index (κ2) is 8.52. The van der Waals surface area contributed by atoms with Crippen molar-refractivity contribution in [2.75, 3.05) is 19.4 Å². The fourth-order valence-corrected chi connectivity index (χ4v) is 4.63. The Morgan fingerprint density at radius 2 is 1.79 bits per heavy atom. The summed E-state index contributed by atoms with van der Waals surface area (Å²) in [6.07, 6.45) is 0. The Hall–Kier alpha value is -2.42. The van der Waals surface area contributed by atoms with Crippen LogP contribution in [0.15, 0.2) is 64.5 Å². The van der Waals surface area contributed by atoms with Gasteiger partial charge in [-0.2, -0.15) is 0 Å². The number of rotatable bonds is 6. The molecule has 0 saturated carbocycles. The normalized spacial score (nSPS) is 12.9. The zero-order valence-electron chi connectivity index (χ0n) is 16.7.